The first-order valence-corrected chi connectivity index (χ1v) is 6.96. The third kappa shape index (κ3) is 7.35. The molecular formula is C16H23N3O2. The molecule has 5 nitrogen and oxygen atoms in total. The van der Waals surface area contributed by atoms with Crippen LogP contribution in [0, 0.1) is 11.8 Å². The van der Waals surface area contributed by atoms with Gasteiger partial charge >= 0.3 is 0 Å². The summed E-state index contributed by atoms with van der Waals surface area (Å²) >= 11 is 0. The first-order valence-electron chi connectivity index (χ1n) is 6.96. The Labute approximate surface area is 126 Å². The lowest BCUT2D eigenvalue weighted by Crippen LogP contribution is -2.29. The standard InChI is InChI=1S/C16H23N3O2/c1-18-16(20)8-10-19(2)11-12-21-15-7-3-5-14(13-15)6-4-9-17/h3,5,7,13H,8-12,17H2,1-2H3,(H,18,20). The van der Waals surface area contributed by atoms with Crippen molar-refractivity contribution in [1.29, 1.82) is 0 Å². The minimum Gasteiger partial charge on any atom is -0.492 e. The molecule has 0 bridgehead atoms. The van der Waals surface area contributed by atoms with Crippen LogP contribution in [0.4, 0.5) is 0 Å². The summed E-state index contributed by atoms with van der Waals surface area (Å²) in [6.45, 7) is 2.39. The molecular weight excluding hydrogens is 266 g/mol. The highest BCUT2D eigenvalue weighted by atomic mass is 16.5. The second-order valence-corrected chi connectivity index (χ2v) is 4.61. The summed E-state index contributed by atoms with van der Waals surface area (Å²) in [5, 5.41) is 2.61. The van der Waals surface area contributed by atoms with Crippen molar-refractivity contribution in [3.05, 3.63) is 29.8 Å². The first-order chi connectivity index (χ1) is 10.2. The van der Waals surface area contributed by atoms with Gasteiger partial charge in [-0.05, 0) is 25.2 Å². The Morgan fingerprint density at radius 1 is 1.43 bits per heavy atom. The summed E-state index contributed by atoms with van der Waals surface area (Å²) in [6, 6.07) is 7.63. The smallest absolute Gasteiger partial charge is 0.221 e. The third-order valence-corrected chi connectivity index (χ3v) is 2.91. The maximum atomic E-state index is 11.1. The van der Waals surface area contributed by atoms with Crippen molar-refractivity contribution >= 4 is 5.91 Å². The fourth-order valence-electron chi connectivity index (χ4n) is 1.67. The number of carbonyl (C=O) groups excluding carboxylic acids is 1. The average molecular weight is 289 g/mol. The van der Waals surface area contributed by atoms with Crippen LogP contribution in [0.5, 0.6) is 5.75 Å². The molecule has 0 radical (unpaired) electrons. The maximum Gasteiger partial charge on any atom is 0.221 e. The van der Waals surface area contributed by atoms with E-state index in [1.54, 1.807) is 7.05 Å². The SMILES string of the molecule is CNC(=O)CCN(C)CCOc1cccc(C#CCN)c1. The lowest BCUT2D eigenvalue weighted by molar-refractivity contribution is -0.120. The summed E-state index contributed by atoms with van der Waals surface area (Å²) in [4.78, 5) is 13.2. The Balaban J connectivity index is 2.33. The van der Waals surface area contributed by atoms with Crippen LogP contribution in [0.25, 0.3) is 0 Å². The van der Waals surface area contributed by atoms with E-state index >= 15 is 0 Å². The molecule has 0 saturated carbocycles. The van der Waals surface area contributed by atoms with Gasteiger partial charge in [-0.15, -0.1) is 0 Å². The topological polar surface area (TPSA) is 67.6 Å². The van der Waals surface area contributed by atoms with Crippen LogP contribution in [-0.4, -0.2) is 51.1 Å². The Kier molecular flexibility index (Phi) is 7.95. The zero-order valence-corrected chi connectivity index (χ0v) is 12.7. The molecule has 1 amide bonds. The molecule has 0 heterocycles. The number of rotatable bonds is 7. The molecule has 0 aromatic heterocycles. The molecule has 0 saturated heterocycles. The number of nitrogens with two attached hydrogens (primary N) is 1. The normalized spacial score (nSPS) is 9.90. The van der Waals surface area contributed by atoms with E-state index in [-0.39, 0.29) is 5.91 Å². The minimum absolute atomic E-state index is 0.0500. The number of nitrogens with zero attached hydrogens (tertiary/aromatic N) is 1. The van der Waals surface area contributed by atoms with Crippen LogP contribution in [0.15, 0.2) is 24.3 Å². The zero-order chi connectivity index (χ0) is 15.5. The molecule has 0 atom stereocenters. The van der Waals surface area contributed by atoms with Crippen LogP contribution >= 0.6 is 0 Å². The van der Waals surface area contributed by atoms with E-state index in [0.29, 0.717) is 26.1 Å². The summed E-state index contributed by atoms with van der Waals surface area (Å²) in [5.74, 6) is 6.63. The van der Waals surface area contributed by atoms with Crippen molar-refractivity contribution < 1.29 is 9.53 Å². The maximum absolute atomic E-state index is 11.1. The van der Waals surface area contributed by atoms with Gasteiger partial charge < -0.3 is 20.7 Å². The highest BCUT2D eigenvalue weighted by Crippen LogP contribution is 2.12. The number of amides is 1. The lowest BCUT2D eigenvalue weighted by Gasteiger charge is -2.16. The van der Waals surface area contributed by atoms with Gasteiger partial charge in [0, 0.05) is 32.1 Å². The number of nitrogens with one attached hydrogen (secondary N) is 1. The first kappa shape index (κ1) is 17.0. The van der Waals surface area contributed by atoms with Gasteiger partial charge in [0.25, 0.3) is 0 Å². The van der Waals surface area contributed by atoms with Gasteiger partial charge in [0.1, 0.15) is 12.4 Å². The summed E-state index contributed by atoms with van der Waals surface area (Å²) in [7, 11) is 3.61. The van der Waals surface area contributed by atoms with Gasteiger partial charge in [-0.3, -0.25) is 4.79 Å². The van der Waals surface area contributed by atoms with Crippen molar-refractivity contribution in [2.45, 2.75) is 6.42 Å². The molecule has 0 unspecified atom stereocenters. The van der Waals surface area contributed by atoms with E-state index in [1.807, 2.05) is 31.3 Å². The highest BCUT2D eigenvalue weighted by Gasteiger charge is 2.03. The Hall–Kier alpha value is -2.03. The molecule has 0 aliphatic carbocycles. The second kappa shape index (κ2) is 9.81. The largest absolute Gasteiger partial charge is 0.492 e. The second-order valence-electron chi connectivity index (χ2n) is 4.61. The van der Waals surface area contributed by atoms with E-state index in [0.717, 1.165) is 17.9 Å². The van der Waals surface area contributed by atoms with Crippen LogP contribution in [0.3, 0.4) is 0 Å². The molecule has 0 aliphatic rings. The highest BCUT2D eigenvalue weighted by molar-refractivity contribution is 5.75. The van der Waals surface area contributed by atoms with Gasteiger partial charge in [0.05, 0.1) is 6.54 Å². The third-order valence-electron chi connectivity index (χ3n) is 2.91. The number of hydrogen-bond acceptors (Lipinski definition) is 4. The summed E-state index contributed by atoms with van der Waals surface area (Å²) in [6.07, 6.45) is 0.497. The quantitative estimate of drug-likeness (QED) is 0.715. The van der Waals surface area contributed by atoms with E-state index < -0.39 is 0 Å². The zero-order valence-electron chi connectivity index (χ0n) is 12.7. The van der Waals surface area contributed by atoms with Crippen LogP contribution in [0.1, 0.15) is 12.0 Å². The van der Waals surface area contributed by atoms with Gasteiger partial charge in [0.2, 0.25) is 5.91 Å². The fourth-order valence-corrected chi connectivity index (χ4v) is 1.67. The molecule has 1 rings (SSSR count). The van der Waals surface area contributed by atoms with Gasteiger partial charge in [-0.25, -0.2) is 0 Å². The molecule has 0 spiro atoms. The molecule has 0 fully saturated rings. The fraction of sp³-hybridized carbons (Fsp3) is 0.438. The molecule has 21 heavy (non-hydrogen) atoms. The minimum atomic E-state index is 0.0500. The summed E-state index contributed by atoms with van der Waals surface area (Å²) in [5.41, 5.74) is 6.24. The Morgan fingerprint density at radius 3 is 2.95 bits per heavy atom. The number of carbonyl (C=O) groups is 1. The van der Waals surface area contributed by atoms with Crippen LogP contribution in [-0.2, 0) is 4.79 Å². The van der Waals surface area contributed by atoms with Crippen molar-refractivity contribution in [1.82, 2.24) is 10.2 Å². The number of likely N-dealkylation sites (N-methyl/N-ethyl adjacent to an activating group) is 1. The number of ether oxygens (including phenoxy) is 1. The Bertz CT molecular complexity index is 506. The number of benzene rings is 1. The lowest BCUT2D eigenvalue weighted by atomic mass is 10.2. The van der Waals surface area contributed by atoms with E-state index in [1.165, 1.54) is 0 Å². The van der Waals surface area contributed by atoms with E-state index in [9.17, 15) is 4.79 Å². The van der Waals surface area contributed by atoms with Crippen molar-refractivity contribution in [2.75, 3.05) is 40.3 Å². The van der Waals surface area contributed by atoms with E-state index in [2.05, 4.69) is 22.1 Å². The monoisotopic (exact) mass is 289 g/mol. The van der Waals surface area contributed by atoms with Crippen molar-refractivity contribution in [3.8, 4) is 17.6 Å². The van der Waals surface area contributed by atoms with Crippen molar-refractivity contribution in [3.63, 3.8) is 0 Å². The average Bonchev–Trinajstić information content (AvgIpc) is 2.51. The van der Waals surface area contributed by atoms with Gasteiger partial charge in [-0.1, -0.05) is 17.9 Å². The summed E-state index contributed by atoms with van der Waals surface area (Å²) < 4.78 is 5.69. The Morgan fingerprint density at radius 2 is 2.24 bits per heavy atom. The predicted octanol–water partition coefficient (Wildman–Crippen LogP) is 0.444. The molecule has 1 aromatic carbocycles. The number of hydrogen-bond donors (Lipinski definition) is 2. The van der Waals surface area contributed by atoms with Crippen molar-refractivity contribution in [2.24, 2.45) is 5.73 Å². The molecule has 3 N–H and O–H groups in total. The predicted molar refractivity (Wildman–Crippen MR) is 84.1 cm³/mol. The van der Waals surface area contributed by atoms with E-state index in [4.69, 9.17) is 10.5 Å². The molecule has 1 aromatic rings. The molecule has 114 valence electrons. The van der Waals surface area contributed by atoms with Gasteiger partial charge in [0.15, 0.2) is 0 Å². The van der Waals surface area contributed by atoms with Gasteiger partial charge in [-0.2, -0.15) is 0 Å². The molecule has 5 heteroatoms. The molecule has 0 aliphatic heterocycles. The van der Waals surface area contributed by atoms with Crippen LogP contribution in [0.2, 0.25) is 0 Å². The van der Waals surface area contributed by atoms with Crippen LogP contribution < -0.4 is 15.8 Å².